The Kier molecular flexibility index (Phi) is 4.87. The van der Waals surface area contributed by atoms with Crippen molar-refractivity contribution >= 4 is 32.8 Å². The fraction of sp³-hybridized carbons (Fsp3) is 0.143. The minimum Gasteiger partial charge on any atom is -0.299 e. The first-order chi connectivity index (χ1) is 13.4. The largest absolute Gasteiger partial charge is 0.299 e. The Morgan fingerprint density at radius 2 is 1.82 bits per heavy atom. The van der Waals surface area contributed by atoms with Gasteiger partial charge in [-0.15, -0.1) is 11.3 Å². The lowest BCUT2D eigenvalue weighted by molar-refractivity contribution is 0.0979. The molecular formula is C21H18N2O3S2. The molecule has 1 aromatic heterocycles. The van der Waals surface area contributed by atoms with E-state index < -0.39 is 15.9 Å². The van der Waals surface area contributed by atoms with E-state index in [4.69, 9.17) is 0 Å². The summed E-state index contributed by atoms with van der Waals surface area (Å²) in [7, 11) is -3.30. The van der Waals surface area contributed by atoms with E-state index in [1.807, 2.05) is 61.5 Å². The average Bonchev–Trinajstić information content (AvgIpc) is 3.31. The molecule has 0 spiro atoms. The van der Waals surface area contributed by atoms with Crippen molar-refractivity contribution in [3.63, 3.8) is 0 Å². The van der Waals surface area contributed by atoms with Crippen LogP contribution in [0.3, 0.4) is 0 Å². The van der Waals surface area contributed by atoms with Gasteiger partial charge in [0.15, 0.2) is 9.84 Å². The van der Waals surface area contributed by atoms with Gasteiger partial charge >= 0.3 is 0 Å². The lowest BCUT2D eigenvalue weighted by Gasteiger charge is -2.27. The second-order valence-corrected chi connectivity index (χ2v) is 9.43. The quantitative estimate of drug-likeness (QED) is 0.650. The number of aromatic nitrogens is 1. The maximum atomic E-state index is 13.3. The van der Waals surface area contributed by atoms with Gasteiger partial charge in [0, 0.05) is 22.0 Å². The molecule has 7 heteroatoms. The zero-order chi connectivity index (χ0) is 19.7. The summed E-state index contributed by atoms with van der Waals surface area (Å²) in [4.78, 5) is 19.3. The SMILES string of the molecule is Cc1ccc(N(C(=O)c2csc(-c3ccccc3)n2)C2C=CS(=O)(=O)C2)cc1. The van der Waals surface area contributed by atoms with E-state index in [-0.39, 0.29) is 11.7 Å². The molecule has 0 N–H and O–H groups in total. The van der Waals surface area contributed by atoms with Crippen molar-refractivity contribution in [2.75, 3.05) is 10.7 Å². The highest BCUT2D eigenvalue weighted by Crippen LogP contribution is 2.28. The first kappa shape index (κ1) is 18.6. The molecule has 0 saturated carbocycles. The Morgan fingerprint density at radius 3 is 2.46 bits per heavy atom. The lowest BCUT2D eigenvalue weighted by atomic mass is 10.1. The Morgan fingerprint density at radius 1 is 1.11 bits per heavy atom. The number of thiazole rings is 1. The summed E-state index contributed by atoms with van der Waals surface area (Å²) in [6.45, 7) is 1.96. The number of anilines is 1. The highest BCUT2D eigenvalue weighted by Gasteiger charge is 2.33. The number of aryl methyl sites for hydroxylation is 1. The number of carbonyl (C=O) groups is 1. The Labute approximate surface area is 167 Å². The van der Waals surface area contributed by atoms with Gasteiger partial charge in [0.05, 0.1) is 11.8 Å². The van der Waals surface area contributed by atoms with Crippen molar-refractivity contribution < 1.29 is 13.2 Å². The number of benzene rings is 2. The molecule has 1 amide bonds. The number of hydrogen-bond donors (Lipinski definition) is 0. The van der Waals surface area contributed by atoms with Crippen molar-refractivity contribution in [3.8, 4) is 10.6 Å². The minimum atomic E-state index is -3.30. The normalized spacial score (nSPS) is 17.5. The molecule has 0 aliphatic carbocycles. The zero-order valence-electron chi connectivity index (χ0n) is 15.1. The van der Waals surface area contributed by atoms with E-state index in [0.29, 0.717) is 11.4 Å². The van der Waals surface area contributed by atoms with E-state index in [1.165, 1.54) is 21.6 Å². The highest BCUT2D eigenvalue weighted by molar-refractivity contribution is 7.94. The van der Waals surface area contributed by atoms with Crippen molar-refractivity contribution in [1.29, 1.82) is 0 Å². The molecule has 5 nitrogen and oxygen atoms in total. The average molecular weight is 411 g/mol. The van der Waals surface area contributed by atoms with Crippen LogP contribution in [0.2, 0.25) is 0 Å². The summed E-state index contributed by atoms with van der Waals surface area (Å²) in [5.41, 5.74) is 2.96. The summed E-state index contributed by atoms with van der Waals surface area (Å²) in [5.74, 6) is -0.434. The van der Waals surface area contributed by atoms with Crippen LogP contribution in [0.1, 0.15) is 16.1 Å². The van der Waals surface area contributed by atoms with Crippen molar-refractivity contribution in [1.82, 2.24) is 4.98 Å². The lowest BCUT2D eigenvalue weighted by Crippen LogP contribution is -2.41. The topological polar surface area (TPSA) is 67.3 Å². The summed E-state index contributed by atoms with van der Waals surface area (Å²) < 4.78 is 23.9. The van der Waals surface area contributed by atoms with Crippen LogP contribution in [0.15, 0.2) is 71.5 Å². The number of amides is 1. The van der Waals surface area contributed by atoms with Crippen LogP contribution >= 0.6 is 11.3 Å². The third-order valence-electron chi connectivity index (χ3n) is 4.52. The standard InChI is InChI=1S/C21H18N2O3S2/c1-15-7-9-17(10-8-15)23(18-11-12-28(25,26)14-18)21(24)19-13-27-20(22-19)16-5-3-2-4-6-16/h2-13,18H,14H2,1H3. The minimum absolute atomic E-state index is 0.123. The molecular weight excluding hydrogens is 392 g/mol. The van der Waals surface area contributed by atoms with Crippen LogP contribution in [0.4, 0.5) is 5.69 Å². The van der Waals surface area contributed by atoms with Gasteiger partial charge in [0.1, 0.15) is 10.7 Å². The van der Waals surface area contributed by atoms with Gasteiger partial charge in [-0.25, -0.2) is 13.4 Å². The molecule has 0 radical (unpaired) electrons. The Hall–Kier alpha value is -2.77. The van der Waals surface area contributed by atoms with Crippen LogP contribution in [-0.2, 0) is 9.84 Å². The van der Waals surface area contributed by atoms with E-state index in [0.717, 1.165) is 16.1 Å². The summed E-state index contributed by atoms with van der Waals surface area (Å²) in [6, 6.07) is 16.6. The molecule has 2 heterocycles. The van der Waals surface area contributed by atoms with Gasteiger partial charge in [-0.1, -0.05) is 48.0 Å². The monoisotopic (exact) mass is 410 g/mol. The van der Waals surface area contributed by atoms with Crippen LogP contribution in [0.25, 0.3) is 10.6 Å². The van der Waals surface area contributed by atoms with Gasteiger partial charge < -0.3 is 0 Å². The third-order valence-corrected chi connectivity index (χ3v) is 6.79. The van der Waals surface area contributed by atoms with Gasteiger partial charge in [0.25, 0.3) is 5.91 Å². The smallest absolute Gasteiger partial charge is 0.278 e. The van der Waals surface area contributed by atoms with Crippen molar-refractivity contribution in [2.45, 2.75) is 13.0 Å². The van der Waals surface area contributed by atoms with Crippen LogP contribution < -0.4 is 4.90 Å². The molecule has 1 aliphatic rings. The van der Waals surface area contributed by atoms with E-state index in [2.05, 4.69) is 4.98 Å². The first-order valence-electron chi connectivity index (χ1n) is 8.75. The zero-order valence-corrected chi connectivity index (χ0v) is 16.8. The molecule has 2 aromatic carbocycles. The van der Waals surface area contributed by atoms with Crippen LogP contribution in [0, 0.1) is 6.92 Å². The van der Waals surface area contributed by atoms with Gasteiger partial charge in [-0.05, 0) is 25.1 Å². The van der Waals surface area contributed by atoms with Crippen molar-refractivity contribution in [3.05, 3.63) is 82.7 Å². The molecule has 1 aliphatic heterocycles. The van der Waals surface area contributed by atoms with Gasteiger partial charge in [-0.2, -0.15) is 0 Å². The Balaban J connectivity index is 1.70. The molecule has 1 atom stereocenters. The molecule has 3 aromatic rings. The predicted octanol–water partition coefficient (Wildman–Crippen LogP) is 4.08. The molecule has 142 valence electrons. The number of nitrogens with zero attached hydrogens (tertiary/aromatic N) is 2. The van der Waals surface area contributed by atoms with Crippen LogP contribution in [-0.4, -0.2) is 31.1 Å². The fourth-order valence-corrected chi connectivity index (χ4v) is 5.16. The highest BCUT2D eigenvalue weighted by atomic mass is 32.2. The number of sulfone groups is 1. The second-order valence-electron chi connectivity index (χ2n) is 6.64. The molecule has 0 saturated heterocycles. The maximum absolute atomic E-state index is 13.3. The summed E-state index contributed by atoms with van der Waals surface area (Å²) in [6.07, 6.45) is 1.57. The molecule has 0 bridgehead atoms. The maximum Gasteiger partial charge on any atom is 0.278 e. The van der Waals surface area contributed by atoms with Gasteiger partial charge in [-0.3, -0.25) is 9.69 Å². The fourth-order valence-electron chi connectivity index (χ4n) is 3.09. The van der Waals surface area contributed by atoms with Crippen LogP contribution in [0.5, 0.6) is 0 Å². The summed E-state index contributed by atoms with van der Waals surface area (Å²) in [5, 5.41) is 3.66. The van der Waals surface area contributed by atoms with E-state index in [9.17, 15) is 13.2 Å². The Bertz CT molecular complexity index is 1130. The number of carbonyl (C=O) groups excluding carboxylic acids is 1. The van der Waals surface area contributed by atoms with E-state index >= 15 is 0 Å². The summed E-state index contributed by atoms with van der Waals surface area (Å²) >= 11 is 1.39. The molecule has 1 unspecified atom stereocenters. The van der Waals surface area contributed by atoms with E-state index in [1.54, 1.807) is 11.5 Å². The molecule has 0 fully saturated rings. The molecule has 4 rings (SSSR count). The van der Waals surface area contributed by atoms with Crippen molar-refractivity contribution in [2.24, 2.45) is 0 Å². The second kappa shape index (κ2) is 7.33. The number of hydrogen-bond acceptors (Lipinski definition) is 5. The van der Waals surface area contributed by atoms with Gasteiger partial charge in [0.2, 0.25) is 0 Å². The molecule has 28 heavy (non-hydrogen) atoms. The number of rotatable bonds is 4. The predicted molar refractivity (Wildman–Crippen MR) is 112 cm³/mol. The third kappa shape index (κ3) is 3.76. The first-order valence-corrected chi connectivity index (χ1v) is 11.3.